The van der Waals surface area contributed by atoms with Crippen LogP contribution in [0.5, 0.6) is 0 Å². The first-order valence-electron chi connectivity index (χ1n) is 8.94. The highest BCUT2D eigenvalue weighted by atomic mass is 32.1. The normalized spacial score (nSPS) is 16.1. The molecule has 0 saturated carbocycles. The number of ether oxygens (including phenoxy) is 1. The third-order valence-electron chi connectivity index (χ3n) is 4.38. The molecule has 10 heteroatoms. The monoisotopic (exact) mass is 431 g/mol. The molecular formula is C19H18FN5O2S2. The molecule has 1 fully saturated rings. The first kappa shape index (κ1) is 19.5. The zero-order valence-corrected chi connectivity index (χ0v) is 17.2. The number of benzene rings is 1. The number of aromatic nitrogens is 3. The number of carbonyl (C=O) groups excluding carboxylic acids is 1. The van der Waals surface area contributed by atoms with Gasteiger partial charge in [0.15, 0.2) is 0 Å². The molecule has 4 rings (SSSR count). The molecule has 1 N–H and O–H groups in total. The van der Waals surface area contributed by atoms with E-state index in [2.05, 4.69) is 15.4 Å². The van der Waals surface area contributed by atoms with Gasteiger partial charge in [-0.15, -0.1) is 11.3 Å². The average molecular weight is 432 g/mol. The van der Waals surface area contributed by atoms with Crippen molar-refractivity contribution in [3.05, 3.63) is 53.6 Å². The fourth-order valence-electron chi connectivity index (χ4n) is 3.00. The summed E-state index contributed by atoms with van der Waals surface area (Å²) in [4.78, 5) is 18.7. The maximum Gasteiger partial charge on any atom is 0.414 e. The molecule has 0 bridgehead atoms. The number of anilines is 1. The van der Waals surface area contributed by atoms with Gasteiger partial charge in [-0.1, -0.05) is 12.2 Å². The van der Waals surface area contributed by atoms with Crippen LogP contribution in [0.3, 0.4) is 0 Å². The standard InChI is InChI=1S/C19H18FN5O2S2/c1-12(28)21-8-15-10-25(19(26)27-15)14-3-4-16(17(20)7-14)18-23-13(11-29-18)9-24-6-2-5-22-24/h2-7,11,15H,8-10H2,1H3,(H,21,28)/t15-/m0/s1. The average Bonchev–Trinajstić information content (AvgIpc) is 3.42. The van der Waals surface area contributed by atoms with Crippen LogP contribution in [-0.2, 0) is 11.3 Å². The summed E-state index contributed by atoms with van der Waals surface area (Å²) < 4.78 is 21.9. The fourth-order valence-corrected chi connectivity index (χ4v) is 3.93. The van der Waals surface area contributed by atoms with Crippen LogP contribution in [0.1, 0.15) is 12.6 Å². The number of halogens is 1. The second-order valence-corrected chi connectivity index (χ2v) is 8.04. The molecule has 1 saturated heterocycles. The van der Waals surface area contributed by atoms with Crippen LogP contribution in [0.15, 0.2) is 42.0 Å². The lowest BCUT2D eigenvalue weighted by Crippen LogP contribution is -2.32. The van der Waals surface area contributed by atoms with Gasteiger partial charge < -0.3 is 10.1 Å². The quantitative estimate of drug-likeness (QED) is 0.603. The zero-order valence-electron chi connectivity index (χ0n) is 15.5. The van der Waals surface area contributed by atoms with Gasteiger partial charge in [0.2, 0.25) is 0 Å². The van der Waals surface area contributed by atoms with E-state index in [0.29, 0.717) is 40.9 Å². The molecule has 150 valence electrons. The summed E-state index contributed by atoms with van der Waals surface area (Å²) in [5, 5.41) is 9.60. The number of nitrogens with zero attached hydrogens (tertiary/aromatic N) is 4. The third kappa shape index (κ3) is 4.43. The van der Waals surface area contributed by atoms with E-state index >= 15 is 0 Å². The molecule has 3 heterocycles. The maximum atomic E-state index is 14.8. The number of thiocarbonyl (C=S) groups is 1. The van der Waals surface area contributed by atoms with Gasteiger partial charge in [0.25, 0.3) is 0 Å². The Balaban J connectivity index is 1.48. The Kier molecular flexibility index (Phi) is 5.54. The number of cyclic esters (lactones) is 1. The van der Waals surface area contributed by atoms with Crippen LogP contribution in [0.4, 0.5) is 14.9 Å². The number of amides is 1. The lowest BCUT2D eigenvalue weighted by molar-refractivity contribution is 0.143. The van der Waals surface area contributed by atoms with Crippen LogP contribution in [-0.4, -0.2) is 45.0 Å². The molecule has 1 amide bonds. The summed E-state index contributed by atoms with van der Waals surface area (Å²) >= 11 is 6.34. The van der Waals surface area contributed by atoms with Gasteiger partial charge in [0.1, 0.15) is 16.9 Å². The van der Waals surface area contributed by atoms with Gasteiger partial charge in [-0.2, -0.15) is 5.10 Å². The lowest BCUT2D eigenvalue weighted by atomic mass is 10.2. The van der Waals surface area contributed by atoms with Crippen LogP contribution in [0.25, 0.3) is 10.6 Å². The van der Waals surface area contributed by atoms with Crippen molar-refractivity contribution < 1.29 is 13.9 Å². The summed E-state index contributed by atoms with van der Waals surface area (Å²) in [5.41, 5.74) is 1.66. The molecule has 2 aromatic heterocycles. The van der Waals surface area contributed by atoms with E-state index in [-0.39, 0.29) is 6.10 Å². The molecule has 0 aliphatic carbocycles. The number of carbonyl (C=O) groups is 1. The minimum Gasteiger partial charge on any atom is -0.442 e. The predicted octanol–water partition coefficient (Wildman–Crippen LogP) is 3.46. The van der Waals surface area contributed by atoms with Crippen molar-refractivity contribution in [1.29, 1.82) is 0 Å². The Morgan fingerprint density at radius 1 is 1.48 bits per heavy atom. The highest BCUT2D eigenvalue weighted by molar-refractivity contribution is 7.80. The Bertz CT molecular complexity index is 1040. The van der Waals surface area contributed by atoms with Gasteiger partial charge in [0, 0.05) is 23.3 Å². The van der Waals surface area contributed by atoms with Crippen molar-refractivity contribution in [3.63, 3.8) is 0 Å². The summed E-state index contributed by atoms with van der Waals surface area (Å²) in [6.07, 6.45) is 2.71. The van der Waals surface area contributed by atoms with Crippen molar-refractivity contribution in [1.82, 2.24) is 20.1 Å². The number of nitrogens with one attached hydrogen (secondary N) is 1. The zero-order chi connectivity index (χ0) is 20.4. The fraction of sp³-hybridized carbons (Fsp3) is 0.263. The molecule has 1 aliphatic heterocycles. The lowest BCUT2D eigenvalue weighted by Gasteiger charge is -2.14. The largest absolute Gasteiger partial charge is 0.442 e. The van der Waals surface area contributed by atoms with Crippen molar-refractivity contribution in [2.24, 2.45) is 0 Å². The Morgan fingerprint density at radius 3 is 3.07 bits per heavy atom. The minimum absolute atomic E-state index is 0.332. The number of thiazole rings is 1. The topological polar surface area (TPSA) is 72.3 Å². The Morgan fingerprint density at radius 2 is 2.34 bits per heavy atom. The molecule has 0 radical (unpaired) electrons. The summed E-state index contributed by atoms with van der Waals surface area (Å²) in [6, 6.07) is 6.52. The van der Waals surface area contributed by atoms with E-state index in [0.717, 1.165) is 5.69 Å². The molecule has 29 heavy (non-hydrogen) atoms. The van der Waals surface area contributed by atoms with Gasteiger partial charge in [-0.25, -0.2) is 14.2 Å². The van der Waals surface area contributed by atoms with Crippen LogP contribution >= 0.6 is 23.6 Å². The number of hydrogen-bond acceptors (Lipinski definition) is 6. The first-order valence-corrected chi connectivity index (χ1v) is 10.2. The van der Waals surface area contributed by atoms with E-state index in [9.17, 15) is 9.18 Å². The number of rotatable bonds is 6. The summed E-state index contributed by atoms with van der Waals surface area (Å²) in [7, 11) is 0. The number of hydrogen-bond donors (Lipinski definition) is 1. The molecule has 0 unspecified atom stereocenters. The molecule has 1 aromatic carbocycles. The second kappa shape index (κ2) is 8.26. The SMILES string of the molecule is CC(=S)NC[C@H]1CN(c2ccc(-c3nc(Cn4cccn4)cs3)c(F)c2)C(=O)O1. The van der Waals surface area contributed by atoms with E-state index in [1.807, 2.05) is 17.6 Å². The maximum absolute atomic E-state index is 14.8. The van der Waals surface area contributed by atoms with Crippen molar-refractivity contribution in [3.8, 4) is 10.6 Å². The smallest absolute Gasteiger partial charge is 0.414 e. The highest BCUT2D eigenvalue weighted by Gasteiger charge is 2.32. The Hall–Kier alpha value is -2.85. The van der Waals surface area contributed by atoms with Crippen molar-refractivity contribution in [2.75, 3.05) is 18.0 Å². The molecule has 3 aromatic rings. The van der Waals surface area contributed by atoms with E-state index < -0.39 is 11.9 Å². The minimum atomic E-state index is -0.498. The molecular weight excluding hydrogens is 413 g/mol. The van der Waals surface area contributed by atoms with Gasteiger partial charge in [-0.05, 0) is 31.2 Å². The molecule has 1 atom stereocenters. The molecule has 0 spiro atoms. The highest BCUT2D eigenvalue weighted by Crippen LogP contribution is 2.31. The van der Waals surface area contributed by atoms with E-state index in [1.54, 1.807) is 29.9 Å². The molecule has 7 nitrogen and oxygen atoms in total. The Labute approximate surface area is 176 Å². The van der Waals surface area contributed by atoms with E-state index in [4.69, 9.17) is 17.0 Å². The van der Waals surface area contributed by atoms with Gasteiger partial charge in [0.05, 0.1) is 36.0 Å². The van der Waals surface area contributed by atoms with Crippen molar-refractivity contribution >= 4 is 40.3 Å². The molecule has 1 aliphatic rings. The summed E-state index contributed by atoms with van der Waals surface area (Å²) in [6.45, 7) is 3.05. The van der Waals surface area contributed by atoms with Gasteiger partial charge in [-0.3, -0.25) is 9.58 Å². The predicted molar refractivity (Wildman–Crippen MR) is 113 cm³/mol. The van der Waals surface area contributed by atoms with Crippen LogP contribution in [0.2, 0.25) is 0 Å². The second-order valence-electron chi connectivity index (χ2n) is 6.57. The van der Waals surface area contributed by atoms with Crippen LogP contribution < -0.4 is 10.2 Å². The summed E-state index contributed by atoms with van der Waals surface area (Å²) in [5.74, 6) is -0.438. The van der Waals surface area contributed by atoms with Gasteiger partial charge >= 0.3 is 6.09 Å². The first-order chi connectivity index (χ1) is 14.0. The van der Waals surface area contributed by atoms with Crippen molar-refractivity contribution in [2.45, 2.75) is 19.6 Å². The van der Waals surface area contributed by atoms with E-state index in [1.165, 1.54) is 22.3 Å². The third-order valence-corrected chi connectivity index (χ3v) is 5.45. The van der Waals surface area contributed by atoms with Crippen LogP contribution in [0, 0.1) is 5.82 Å².